The van der Waals surface area contributed by atoms with E-state index in [-0.39, 0.29) is 6.61 Å². The molecule has 0 fully saturated rings. The Labute approximate surface area is 115 Å². The smallest absolute Gasteiger partial charge is 0.312 e. The summed E-state index contributed by atoms with van der Waals surface area (Å²) in [4.78, 5) is 13.2. The molecule has 0 spiro atoms. The number of nitrogens with zero attached hydrogens (tertiary/aromatic N) is 1. The predicted octanol–water partition coefficient (Wildman–Crippen LogP) is 3.02. The van der Waals surface area contributed by atoms with Crippen LogP contribution in [0.15, 0.2) is 24.3 Å². The van der Waals surface area contributed by atoms with Crippen LogP contribution in [-0.4, -0.2) is 30.8 Å². The maximum atomic E-state index is 11.0. The number of hydrogen-bond acceptors (Lipinski definition) is 3. The summed E-state index contributed by atoms with van der Waals surface area (Å²) in [5.74, 6) is -0.147. The van der Waals surface area contributed by atoms with Crippen molar-refractivity contribution in [1.29, 1.82) is 0 Å². The van der Waals surface area contributed by atoms with Crippen molar-refractivity contribution in [2.45, 2.75) is 27.7 Å². The molecular weight excluding hydrogens is 242 g/mol. The molecule has 0 aliphatic carbocycles. The molecule has 4 nitrogen and oxygen atoms in total. The van der Waals surface area contributed by atoms with Crippen LogP contribution in [0.25, 0.3) is 0 Å². The third-order valence-electron chi connectivity index (χ3n) is 3.12. The molecule has 0 heterocycles. The molecule has 0 saturated carbocycles. The number of carboxylic acid groups (broad SMARTS) is 1. The fourth-order valence-corrected chi connectivity index (χ4v) is 1.68. The van der Waals surface area contributed by atoms with Crippen molar-refractivity contribution in [1.82, 2.24) is 0 Å². The van der Waals surface area contributed by atoms with Gasteiger partial charge in [-0.25, -0.2) is 0 Å². The van der Waals surface area contributed by atoms with Crippen LogP contribution in [0.4, 0.5) is 5.69 Å². The summed E-state index contributed by atoms with van der Waals surface area (Å²) in [6, 6.07) is 7.76. The van der Waals surface area contributed by atoms with Crippen LogP contribution in [0, 0.1) is 5.41 Å². The Morgan fingerprint density at radius 1 is 1.32 bits per heavy atom. The Hall–Kier alpha value is -1.71. The molecule has 0 amide bonds. The average molecular weight is 265 g/mol. The van der Waals surface area contributed by atoms with E-state index >= 15 is 0 Å². The van der Waals surface area contributed by atoms with Gasteiger partial charge in [-0.2, -0.15) is 0 Å². The van der Waals surface area contributed by atoms with Gasteiger partial charge in [-0.1, -0.05) is 6.07 Å². The second kappa shape index (κ2) is 6.45. The van der Waals surface area contributed by atoms with Crippen LogP contribution in [0.2, 0.25) is 0 Å². The van der Waals surface area contributed by atoms with E-state index in [1.54, 1.807) is 13.8 Å². The molecule has 1 aromatic rings. The number of anilines is 1. The summed E-state index contributed by atoms with van der Waals surface area (Å²) in [6.45, 7) is 9.54. The number of benzene rings is 1. The highest BCUT2D eigenvalue weighted by molar-refractivity contribution is 5.73. The monoisotopic (exact) mass is 265 g/mol. The van der Waals surface area contributed by atoms with Crippen molar-refractivity contribution in [2.75, 3.05) is 24.6 Å². The zero-order valence-corrected chi connectivity index (χ0v) is 12.1. The van der Waals surface area contributed by atoms with Crippen molar-refractivity contribution >= 4 is 11.7 Å². The maximum absolute atomic E-state index is 11.0. The molecule has 0 aliphatic heterocycles. The summed E-state index contributed by atoms with van der Waals surface area (Å²) in [5.41, 5.74) is 0.209. The SMILES string of the molecule is CCN(CC)c1cccc(OCC(C)(C)C(=O)O)c1. The lowest BCUT2D eigenvalue weighted by atomic mass is 9.95. The minimum Gasteiger partial charge on any atom is -0.492 e. The third kappa shape index (κ3) is 4.16. The molecule has 0 atom stereocenters. The van der Waals surface area contributed by atoms with Crippen LogP contribution < -0.4 is 9.64 Å². The van der Waals surface area contributed by atoms with Gasteiger partial charge < -0.3 is 14.7 Å². The first kappa shape index (κ1) is 15.3. The summed E-state index contributed by atoms with van der Waals surface area (Å²) in [6.07, 6.45) is 0. The Balaban J connectivity index is 2.75. The maximum Gasteiger partial charge on any atom is 0.312 e. The van der Waals surface area contributed by atoms with E-state index in [0.29, 0.717) is 5.75 Å². The van der Waals surface area contributed by atoms with Gasteiger partial charge in [-0.3, -0.25) is 4.79 Å². The Morgan fingerprint density at radius 3 is 2.47 bits per heavy atom. The number of carbonyl (C=O) groups is 1. The van der Waals surface area contributed by atoms with Crippen molar-refractivity contribution in [2.24, 2.45) is 5.41 Å². The fourth-order valence-electron chi connectivity index (χ4n) is 1.68. The van der Waals surface area contributed by atoms with Crippen molar-refractivity contribution in [3.8, 4) is 5.75 Å². The second-order valence-corrected chi connectivity index (χ2v) is 5.15. The summed E-state index contributed by atoms with van der Waals surface area (Å²) < 4.78 is 5.60. The first-order valence-corrected chi connectivity index (χ1v) is 6.62. The Kier molecular flexibility index (Phi) is 5.21. The molecule has 0 unspecified atom stereocenters. The molecule has 0 saturated heterocycles. The van der Waals surface area contributed by atoms with E-state index in [1.165, 1.54) is 0 Å². The molecule has 0 bridgehead atoms. The minimum atomic E-state index is -0.884. The van der Waals surface area contributed by atoms with Gasteiger partial charge in [-0.15, -0.1) is 0 Å². The van der Waals surface area contributed by atoms with E-state index in [0.717, 1.165) is 18.8 Å². The number of aliphatic carboxylic acids is 1. The van der Waals surface area contributed by atoms with Gasteiger partial charge in [-0.05, 0) is 39.8 Å². The minimum absolute atomic E-state index is 0.157. The van der Waals surface area contributed by atoms with Crippen LogP contribution >= 0.6 is 0 Å². The number of ether oxygens (including phenoxy) is 1. The van der Waals surface area contributed by atoms with Gasteiger partial charge in [0.05, 0.1) is 5.41 Å². The lowest BCUT2D eigenvalue weighted by Gasteiger charge is -2.23. The zero-order chi connectivity index (χ0) is 14.5. The van der Waals surface area contributed by atoms with E-state index in [9.17, 15) is 4.79 Å². The van der Waals surface area contributed by atoms with Crippen molar-refractivity contribution in [3.05, 3.63) is 24.3 Å². The normalized spacial score (nSPS) is 11.2. The third-order valence-corrected chi connectivity index (χ3v) is 3.12. The summed E-state index contributed by atoms with van der Waals surface area (Å²) in [5, 5.41) is 9.05. The Bertz CT molecular complexity index is 425. The molecule has 1 aromatic carbocycles. The lowest BCUT2D eigenvalue weighted by Crippen LogP contribution is -2.30. The molecule has 0 aliphatic rings. The van der Waals surface area contributed by atoms with Crippen LogP contribution in [0.5, 0.6) is 5.75 Å². The van der Waals surface area contributed by atoms with E-state index in [1.807, 2.05) is 24.3 Å². The first-order valence-electron chi connectivity index (χ1n) is 6.62. The standard InChI is InChI=1S/C15H23NO3/c1-5-16(6-2)12-8-7-9-13(10-12)19-11-15(3,4)14(17)18/h7-10H,5-6,11H2,1-4H3,(H,17,18). The first-order chi connectivity index (χ1) is 8.90. The molecule has 1 rings (SSSR count). The summed E-state index contributed by atoms with van der Waals surface area (Å²) >= 11 is 0. The number of rotatable bonds is 7. The van der Waals surface area contributed by atoms with E-state index in [4.69, 9.17) is 9.84 Å². The zero-order valence-electron chi connectivity index (χ0n) is 12.1. The highest BCUT2D eigenvalue weighted by Gasteiger charge is 2.28. The van der Waals surface area contributed by atoms with Crippen LogP contribution in [0.1, 0.15) is 27.7 Å². The topological polar surface area (TPSA) is 49.8 Å². The largest absolute Gasteiger partial charge is 0.492 e. The van der Waals surface area contributed by atoms with Crippen LogP contribution in [-0.2, 0) is 4.79 Å². The quantitative estimate of drug-likeness (QED) is 0.823. The van der Waals surface area contributed by atoms with E-state index < -0.39 is 11.4 Å². The van der Waals surface area contributed by atoms with Gasteiger partial charge in [0.1, 0.15) is 12.4 Å². The molecule has 19 heavy (non-hydrogen) atoms. The number of carboxylic acids is 1. The number of hydrogen-bond donors (Lipinski definition) is 1. The molecule has 1 N–H and O–H groups in total. The van der Waals surface area contributed by atoms with Gasteiger partial charge >= 0.3 is 5.97 Å². The lowest BCUT2D eigenvalue weighted by molar-refractivity contribution is -0.148. The molecule has 106 valence electrons. The average Bonchev–Trinajstić information content (AvgIpc) is 2.38. The van der Waals surface area contributed by atoms with Crippen molar-refractivity contribution in [3.63, 3.8) is 0 Å². The fraction of sp³-hybridized carbons (Fsp3) is 0.533. The van der Waals surface area contributed by atoms with Crippen LogP contribution in [0.3, 0.4) is 0 Å². The molecule has 0 radical (unpaired) electrons. The summed E-state index contributed by atoms with van der Waals surface area (Å²) in [7, 11) is 0. The Morgan fingerprint density at radius 2 is 1.95 bits per heavy atom. The van der Waals surface area contributed by atoms with E-state index in [2.05, 4.69) is 18.7 Å². The van der Waals surface area contributed by atoms with Crippen molar-refractivity contribution < 1.29 is 14.6 Å². The van der Waals surface area contributed by atoms with Gasteiger partial charge in [0.15, 0.2) is 0 Å². The highest BCUT2D eigenvalue weighted by atomic mass is 16.5. The van der Waals surface area contributed by atoms with Gasteiger partial charge in [0.25, 0.3) is 0 Å². The molecule has 0 aromatic heterocycles. The predicted molar refractivity (Wildman–Crippen MR) is 76.9 cm³/mol. The molecular formula is C15H23NO3. The highest BCUT2D eigenvalue weighted by Crippen LogP contribution is 2.23. The van der Waals surface area contributed by atoms with Gasteiger partial charge in [0.2, 0.25) is 0 Å². The molecule has 4 heteroatoms. The van der Waals surface area contributed by atoms with Gasteiger partial charge in [0, 0.05) is 24.8 Å². The second-order valence-electron chi connectivity index (χ2n) is 5.15.